The third-order valence-electron chi connectivity index (χ3n) is 4.54. The number of hydrogen-bond donors (Lipinski definition) is 1. The van der Waals surface area contributed by atoms with Crippen LogP contribution in [-0.4, -0.2) is 30.7 Å². The molecule has 2 saturated heterocycles. The van der Waals surface area contributed by atoms with E-state index in [0.717, 1.165) is 5.56 Å². The molecule has 2 aliphatic rings. The third kappa shape index (κ3) is 2.63. The van der Waals surface area contributed by atoms with Crippen molar-refractivity contribution in [2.45, 2.75) is 12.1 Å². The van der Waals surface area contributed by atoms with Crippen LogP contribution in [0.5, 0.6) is 0 Å². The number of carbonyl (C=O) groups excluding carboxylic acids is 1. The van der Waals surface area contributed by atoms with E-state index < -0.39 is 0 Å². The largest absolute Gasteiger partial charge is 0.445 e. The number of rotatable bonds is 3. The van der Waals surface area contributed by atoms with E-state index in [0.29, 0.717) is 26.3 Å². The van der Waals surface area contributed by atoms with E-state index in [1.165, 1.54) is 4.88 Å². The van der Waals surface area contributed by atoms with Gasteiger partial charge in [-0.3, -0.25) is 0 Å². The average molecular weight is 330 g/mol. The predicted octanol–water partition coefficient (Wildman–Crippen LogP) is 2.75. The summed E-state index contributed by atoms with van der Waals surface area (Å²) < 4.78 is 5.46. The van der Waals surface area contributed by atoms with E-state index >= 15 is 0 Å². The van der Waals surface area contributed by atoms with Crippen LogP contribution in [0.2, 0.25) is 0 Å². The van der Waals surface area contributed by atoms with Crippen LogP contribution < -0.4 is 5.48 Å². The molecule has 0 bridgehead atoms. The number of ether oxygens (including phenoxy) is 1. The fraction of sp³-hybridized carbons (Fsp3) is 0.353. The molecule has 4 rings (SSSR count). The number of fused-ring (bicyclic) bond motifs is 1. The van der Waals surface area contributed by atoms with Gasteiger partial charge in [-0.1, -0.05) is 36.4 Å². The molecule has 1 aromatic heterocycles. The molecule has 0 saturated carbocycles. The van der Waals surface area contributed by atoms with Crippen LogP contribution in [0.25, 0.3) is 0 Å². The van der Waals surface area contributed by atoms with E-state index in [-0.39, 0.29) is 17.6 Å². The van der Waals surface area contributed by atoms with Gasteiger partial charge in [-0.15, -0.1) is 11.3 Å². The van der Waals surface area contributed by atoms with Gasteiger partial charge >= 0.3 is 6.09 Å². The zero-order valence-corrected chi connectivity index (χ0v) is 13.4. The van der Waals surface area contributed by atoms with Gasteiger partial charge in [-0.25, -0.2) is 4.79 Å². The van der Waals surface area contributed by atoms with E-state index in [2.05, 4.69) is 16.9 Å². The second kappa shape index (κ2) is 5.96. The van der Waals surface area contributed by atoms with Crippen molar-refractivity contribution < 1.29 is 14.4 Å². The molecule has 2 aliphatic heterocycles. The number of hydrogen-bond acceptors (Lipinski definition) is 5. The molecule has 0 unspecified atom stereocenters. The summed E-state index contributed by atoms with van der Waals surface area (Å²) in [5.74, 6) is 0.255. The highest BCUT2D eigenvalue weighted by Gasteiger charge is 2.54. The number of amides is 1. The Morgan fingerprint density at radius 3 is 3.00 bits per heavy atom. The standard InChI is InChI=1S/C17H18N2O3S/c20-16(21-10-13-5-2-1-3-6-13)19-9-14-11-22-18-17(14,12-19)15-7-4-8-23-15/h1-8,14,18H,9-12H2/t14-,17-/m0/s1. The minimum atomic E-state index is -0.292. The lowest BCUT2D eigenvalue weighted by Gasteiger charge is -2.26. The minimum absolute atomic E-state index is 0.255. The first-order valence-electron chi connectivity index (χ1n) is 7.66. The van der Waals surface area contributed by atoms with Crippen LogP contribution in [0.3, 0.4) is 0 Å². The van der Waals surface area contributed by atoms with Crippen molar-refractivity contribution >= 4 is 17.4 Å². The summed E-state index contributed by atoms with van der Waals surface area (Å²) in [6.45, 7) is 2.14. The molecule has 0 spiro atoms. The second-order valence-corrected chi connectivity index (χ2v) is 6.93. The highest BCUT2D eigenvalue weighted by molar-refractivity contribution is 7.10. The Bertz CT molecular complexity index is 676. The molecule has 1 aromatic carbocycles. The fourth-order valence-corrected chi connectivity index (χ4v) is 4.25. The molecule has 6 heteroatoms. The summed E-state index contributed by atoms with van der Waals surface area (Å²) >= 11 is 1.69. The monoisotopic (exact) mass is 330 g/mol. The molecule has 3 heterocycles. The van der Waals surface area contributed by atoms with Gasteiger partial charge in [0.15, 0.2) is 0 Å². The maximum absolute atomic E-state index is 12.4. The fourth-order valence-electron chi connectivity index (χ4n) is 3.31. The number of nitrogens with zero attached hydrogens (tertiary/aromatic N) is 1. The van der Waals surface area contributed by atoms with Gasteiger partial charge in [0, 0.05) is 23.9 Å². The lowest BCUT2D eigenvalue weighted by Crippen LogP contribution is -2.43. The van der Waals surface area contributed by atoms with Gasteiger partial charge in [0.25, 0.3) is 0 Å². The maximum Gasteiger partial charge on any atom is 0.410 e. The maximum atomic E-state index is 12.4. The summed E-state index contributed by atoms with van der Waals surface area (Å²) in [6, 6.07) is 13.9. The molecule has 2 fully saturated rings. The van der Waals surface area contributed by atoms with Gasteiger partial charge < -0.3 is 14.5 Å². The van der Waals surface area contributed by atoms with Crippen LogP contribution in [-0.2, 0) is 21.7 Å². The summed E-state index contributed by atoms with van der Waals surface area (Å²) in [5.41, 5.74) is 3.86. The first-order valence-corrected chi connectivity index (χ1v) is 8.54. The Hall–Kier alpha value is -1.89. The topological polar surface area (TPSA) is 50.8 Å². The average Bonchev–Trinajstić information content (AvgIpc) is 3.28. The highest BCUT2D eigenvalue weighted by Crippen LogP contribution is 2.42. The number of benzene rings is 1. The summed E-state index contributed by atoms with van der Waals surface area (Å²) in [4.78, 5) is 20.9. The van der Waals surface area contributed by atoms with Crippen molar-refractivity contribution in [3.8, 4) is 0 Å². The number of thiophene rings is 1. The molecule has 0 radical (unpaired) electrons. The number of likely N-dealkylation sites (tertiary alicyclic amines) is 1. The Morgan fingerprint density at radius 2 is 2.22 bits per heavy atom. The smallest absolute Gasteiger partial charge is 0.410 e. The van der Waals surface area contributed by atoms with Crippen LogP contribution in [0, 0.1) is 5.92 Å². The number of hydroxylamine groups is 1. The van der Waals surface area contributed by atoms with E-state index in [1.54, 1.807) is 16.2 Å². The first kappa shape index (κ1) is 14.7. The van der Waals surface area contributed by atoms with Gasteiger partial charge in [0.05, 0.1) is 6.61 Å². The SMILES string of the molecule is O=C(OCc1ccccc1)N1C[C@H]2CON[C@@]2(c2cccs2)C1. The molecular formula is C17H18N2O3S. The first-order chi connectivity index (χ1) is 11.3. The Balaban J connectivity index is 1.44. The van der Waals surface area contributed by atoms with E-state index in [1.807, 2.05) is 36.4 Å². The summed E-state index contributed by atoms with van der Waals surface area (Å²) in [6.07, 6.45) is -0.263. The third-order valence-corrected chi connectivity index (χ3v) is 5.59. The van der Waals surface area contributed by atoms with Crippen molar-refractivity contribution in [1.29, 1.82) is 0 Å². The molecule has 5 nitrogen and oxygen atoms in total. The molecule has 0 aliphatic carbocycles. The van der Waals surface area contributed by atoms with E-state index in [4.69, 9.17) is 9.57 Å². The van der Waals surface area contributed by atoms with Crippen molar-refractivity contribution in [2.24, 2.45) is 5.92 Å². The van der Waals surface area contributed by atoms with Crippen LogP contribution >= 0.6 is 11.3 Å². The molecule has 2 atom stereocenters. The number of nitrogens with one attached hydrogen (secondary N) is 1. The molecule has 2 aromatic rings. The lowest BCUT2D eigenvalue weighted by molar-refractivity contribution is 0.0434. The van der Waals surface area contributed by atoms with Crippen molar-refractivity contribution in [3.63, 3.8) is 0 Å². The minimum Gasteiger partial charge on any atom is -0.445 e. The van der Waals surface area contributed by atoms with Crippen molar-refractivity contribution in [2.75, 3.05) is 19.7 Å². The van der Waals surface area contributed by atoms with Gasteiger partial charge in [-0.05, 0) is 17.0 Å². The normalized spacial score (nSPS) is 26.3. The predicted molar refractivity (Wildman–Crippen MR) is 86.8 cm³/mol. The summed E-state index contributed by atoms with van der Waals surface area (Å²) in [5, 5.41) is 2.05. The highest BCUT2D eigenvalue weighted by atomic mass is 32.1. The Morgan fingerprint density at radius 1 is 1.35 bits per heavy atom. The van der Waals surface area contributed by atoms with Crippen LogP contribution in [0.4, 0.5) is 4.79 Å². The van der Waals surface area contributed by atoms with Gasteiger partial charge in [0.2, 0.25) is 0 Å². The quantitative estimate of drug-likeness (QED) is 0.940. The van der Waals surface area contributed by atoms with Crippen LogP contribution in [0.15, 0.2) is 47.8 Å². The Labute approximate surface area is 138 Å². The summed E-state index contributed by atoms with van der Waals surface area (Å²) in [7, 11) is 0. The number of carbonyl (C=O) groups is 1. The van der Waals surface area contributed by atoms with E-state index in [9.17, 15) is 4.79 Å². The second-order valence-electron chi connectivity index (χ2n) is 5.98. The van der Waals surface area contributed by atoms with Gasteiger partial charge in [0.1, 0.15) is 12.1 Å². The molecule has 23 heavy (non-hydrogen) atoms. The van der Waals surface area contributed by atoms with Gasteiger partial charge in [-0.2, -0.15) is 5.48 Å². The zero-order chi connectivity index (χ0) is 15.7. The van der Waals surface area contributed by atoms with Crippen molar-refractivity contribution in [1.82, 2.24) is 10.4 Å². The molecular weight excluding hydrogens is 312 g/mol. The van der Waals surface area contributed by atoms with Crippen LogP contribution in [0.1, 0.15) is 10.4 Å². The molecule has 1 amide bonds. The lowest BCUT2D eigenvalue weighted by atomic mass is 9.88. The molecule has 1 N–H and O–H groups in total. The van der Waals surface area contributed by atoms with Crippen molar-refractivity contribution in [3.05, 3.63) is 58.3 Å². The zero-order valence-electron chi connectivity index (χ0n) is 12.6. The molecule has 120 valence electrons. The Kier molecular flexibility index (Phi) is 3.80.